The average Bonchev–Trinajstić information content (AvgIpc) is 2.90. The van der Waals surface area contributed by atoms with Gasteiger partial charge in [0.2, 0.25) is 0 Å². The van der Waals surface area contributed by atoms with Gasteiger partial charge in [0.1, 0.15) is 11.5 Å². The molecule has 0 saturated carbocycles. The second kappa shape index (κ2) is 6.43. The zero-order chi connectivity index (χ0) is 17.2. The Morgan fingerprint density at radius 2 is 1.58 bits per heavy atom. The molecule has 0 aliphatic rings. The maximum atomic E-state index is 13.0. The summed E-state index contributed by atoms with van der Waals surface area (Å²) >= 11 is 0. The second-order valence-electron chi connectivity index (χ2n) is 5.33. The monoisotopic (exact) mass is 335 g/mol. The topological polar surface area (TPSA) is 30.7 Å². The minimum absolute atomic E-state index is 0.0436. The van der Waals surface area contributed by atoms with Crippen LogP contribution < -0.4 is 0 Å². The van der Waals surface area contributed by atoms with E-state index in [-0.39, 0.29) is 17.9 Å². The van der Waals surface area contributed by atoms with Gasteiger partial charge in [0.05, 0.1) is 18.7 Å². The number of hydrogen-bond acceptors (Lipinski definition) is 2. The van der Waals surface area contributed by atoms with Gasteiger partial charge in [0.25, 0.3) is 0 Å². The fourth-order valence-electron chi connectivity index (χ4n) is 2.41. The third kappa shape index (κ3) is 3.79. The SMILES string of the molecule is Fc1ccc(-c2nnn(Cc3ccccc3)c2CC(F)(F)F)cc1. The van der Waals surface area contributed by atoms with Gasteiger partial charge in [-0.05, 0) is 29.8 Å². The molecule has 3 aromatic rings. The summed E-state index contributed by atoms with van der Waals surface area (Å²) in [5.74, 6) is -0.465. The first kappa shape index (κ1) is 16.2. The Morgan fingerprint density at radius 1 is 0.917 bits per heavy atom. The van der Waals surface area contributed by atoms with E-state index in [0.29, 0.717) is 5.56 Å². The Hall–Kier alpha value is -2.70. The van der Waals surface area contributed by atoms with Crippen molar-refractivity contribution in [3.8, 4) is 11.3 Å². The van der Waals surface area contributed by atoms with Crippen LogP contribution in [0.2, 0.25) is 0 Å². The van der Waals surface area contributed by atoms with Gasteiger partial charge in [0.15, 0.2) is 0 Å². The number of alkyl halides is 3. The minimum atomic E-state index is -4.40. The van der Waals surface area contributed by atoms with Crippen molar-refractivity contribution in [1.29, 1.82) is 0 Å². The molecule has 0 unspecified atom stereocenters. The third-order valence-corrected chi connectivity index (χ3v) is 3.50. The van der Waals surface area contributed by atoms with E-state index in [1.807, 2.05) is 6.07 Å². The number of nitrogens with zero attached hydrogens (tertiary/aromatic N) is 3. The second-order valence-corrected chi connectivity index (χ2v) is 5.33. The highest BCUT2D eigenvalue weighted by Crippen LogP contribution is 2.28. The first-order chi connectivity index (χ1) is 11.4. The summed E-state index contributed by atoms with van der Waals surface area (Å²) in [5, 5.41) is 7.75. The van der Waals surface area contributed by atoms with Gasteiger partial charge in [-0.2, -0.15) is 13.2 Å². The minimum Gasteiger partial charge on any atom is -0.244 e. The quantitative estimate of drug-likeness (QED) is 0.668. The van der Waals surface area contributed by atoms with E-state index in [0.717, 1.165) is 5.56 Å². The molecule has 0 aliphatic carbocycles. The van der Waals surface area contributed by atoms with Crippen molar-refractivity contribution < 1.29 is 17.6 Å². The fraction of sp³-hybridized carbons (Fsp3) is 0.176. The van der Waals surface area contributed by atoms with E-state index in [1.54, 1.807) is 24.3 Å². The molecule has 0 bridgehead atoms. The highest BCUT2D eigenvalue weighted by atomic mass is 19.4. The molecule has 0 fully saturated rings. The summed E-state index contributed by atoms with van der Waals surface area (Å²) in [6.45, 7) is 0.181. The molecule has 0 radical (unpaired) electrons. The van der Waals surface area contributed by atoms with Crippen LogP contribution in [0, 0.1) is 5.82 Å². The molecule has 3 nitrogen and oxygen atoms in total. The molecule has 124 valence electrons. The van der Waals surface area contributed by atoms with Gasteiger partial charge in [-0.15, -0.1) is 5.10 Å². The lowest BCUT2D eigenvalue weighted by Gasteiger charge is -2.11. The summed E-state index contributed by atoms with van der Waals surface area (Å²) in [6, 6.07) is 14.2. The first-order valence-electron chi connectivity index (χ1n) is 7.21. The molecular formula is C17H13F4N3. The standard InChI is InChI=1S/C17H13F4N3/c18-14-8-6-13(7-9-14)16-15(10-17(19,20)21)24(23-22-16)11-12-4-2-1-3-5-12/h1-9H,10-11H2. The summed E-state index contributed by atoms with van der Waals surface area (Å²) in [5.41, 5.74) is 1.28. The van der Waals surface area contributed by atoms with Crippen molar-refractivity contribution in [3.05, 3.63) is 71.7 Å². The number of benzene rings is 2. The van der Waals surface area contributed by atoms with Crippen LogP contribution in [0.3, 0.4) is 0 Å². The van der Waals surface area contributed by atoms with Gasteiger partial charge in [-0.3, -0.25) is 0 Å². The predicted octanol–water partition coefficient (Wildman–Crippen LogP) is 4.24. The van der Waals surface area contributed by atoms with Gasteiger partial charge in [-0.25, -0.2) is 9.07 Å². The molecule has 1 aromatic heterocycles. The Labute approximate surface area is 135 Å². The van der Waals surface area contributed by atoms with E-state index in [2.05, 4.69) is 10.3 Å². The van der Waals surface area contributed by atoms with Crippen LogP contribution >= 0.6 is 0 Å². The van der Waals surface area contributed by atoms with Gasteiger partial charge >= 0.3 is 6.18 Å². The van der Waals surface area contributed by atoms with Crippen molar-refractivity contribution in [2.24, 2.45) is 0 Å². The highest BCUT2D eigenvalue weighted by Gasteiger charge is 2.32. The Balaban J connectivity index is 2.01. The van der Waals surface area contributed by atoms with Crippen LogP contribution in [0.5, 0.6) is 0 Å². The maximum Gasteiger partial charge on any atom is 0.394 e. The third-order valence-electron chi connectivity index (χ3n) is 3.50. The van der Waals surface area contributed by atoms with Crippen molar-refractivity contribution in [3.63, 3.8) is 0 Å². The number of hydrogen-bond donors (Lipinski definition) is 0. The van der Waals surface area contributed by atoms with Crippen molar-refractivity contribution in [1.82, 2.24) is 15.0 Å². The molecule has 0 amide bonds. The molecule has 1 heterocycles. The van der Waals surface area contributed by atoms with E-state index in [9.17, 15) is 17.6 Å². The van der Waals surface area contributed by atoms with Crippen molar-refractivity contribution >= 4 is 0 Å². The van der Waals surface area contributed by atoms with Gasteiger partial charge in [-0.1, -0.05) is 35.5 Å². The lowest BCUT2D eigenvalue weighted by molar-refractivity contribution is -0.128. The molecule has 0 aliphatic heterocycles. The van der Waals surface area contributed by atoms with E-state index in [4.69, 9.17) is 0 Å². The van der Waals surface area contributed by atoms with Crippen molar-refractivity contribution in [2.75, 3.05) is 0 Å². The smallest absolute Gasteiger partial charge is 0.244 e. The molecule has 24 heavy (non-hydrogen) atoms. The average molecular weight is 335 g/mol. The van der Waals surface area contributed by atoms with E-state index in [1.165, 1.54) is 28.9 Å². The zero-order valence-electron chi connectivity index (χ0n) is 12.5. The number of rotatable bonds is 4. The molecule has 0 atom stereocenters. The van der Waals surface area contributed by atoms with Crippen LogP contribution in [0.25, 0.3) is 11.3 Å². The molecule has 0 saturated heterocycles. The molecule has 0 N–H and O–H groups in total. The largest absolute Gasteiger partial charge is 0.394 e. The van der Waals surface area contributed by atoms with Crippen LogP contribution in [0.4, 0.5) is 17.6 Å². The fourth-order valence-corrected chi connectivity index (χ4v) is 2.41. The van der Waals surface area contributed by atoms with Gasteiger partial charge < -0.3 is 0 Å². The molecular weight excluding hydrogens is 322 g/mol. The van der Waals surface area contributed by atoms with E-state index >= 15 is 0 Å². The number of halogens is 4. The predicted molar refractivity (Wildman–Crippen MR) is 80.7 cm³/mol. The molecule has 7 heteroatoms. The van der Waals surface area contributed by atoms with Crippen LogP contribution in [0.1, 0.15) is 11.3 Å². The summed E-state index contributed by atoms with van der Waals surface area (Å²) in [4.78, 5) is 0. The Kier molecular flexibility index (Phi) is 4.33. The molecule has 2 aromatic carbocycles. The lowest BCUT2D eigenvalue weighted by atomic mass is 10.1. The van der Waals surface area contributed by atoms with Crippen LogP contribution in [-0.2, 0) is 13.0 Å². The zero-order valence-corrected chi connectivity index (χ0v) is 12.5. The maximum absolute atomic E-state index is 13.0. The summed E-state index contributed by atoms with van der Waals surface area (Å²) in [6.07, 6.45) is -5.55. The first-order valence-corrected chi connectivity index (χ1v) is 7.21. The highest BCUT2D eigenvalue weighted by molar-refractivity contribution is 5.61. The summed E-state index contributed by atoms with van der Waals surface area (Å²) in [7, 11) is 0. The van der Waals surface area contributed by atoms with Crippen LogP contribution in [-0.4, -0.2) is 21.2 Å². The van der Waals surface area contributed by atoms with E-state index < -0.39 is 18.4 Å². The number of aromatic nitrogens is 3. The van der Waals surface area contributed by atoms with Crippen LogP contribution in [0.15, 0.2) is 54.6 Å². The Morgan fingerprint density at radius 3 is 2.21 bits per heavy atom. The molecule has 0 spiro atoms. The van der Waals surface area contributed by atoms with Crippen molar-refractivity contribution in [2.45, 2.75) is 19.1 Å². The van der Waals surface area contributed by atoms with Gasteiger partial charge in [0, 0.05) is 5.56 Å². The molecule has 3 rings (SSSR count). The Bertz CT molecular complexity index is 808. The lowest BCUT2D eigenvalue weighted by Crippen LogP contribution is -2.17. The normalized spacial score (nSPS) is 11.7. The summed E-state index contributed by atoms with van der Waals surface area (Å²) < 4.78 is 53.2.